The van der Waals surface area contributed by atoms with Gasteiger partial charge in [0.05, 0.1) is 13.2 Å². The van der Waals surface area contributed by atoms with Crippen molar-refractivity contribution < 1.29 is 4.74 Å². The van der Waals surface area contributed by atoms with Gasteiger partial charge in [0.25, 0.3) is 0 Å². The summed E-state index contributed by atoms with van der Waals surface area (Å²) in [5.41, 5.74) is 0.110. The highest BCUT2D eigenvalue weighted by Gasteiger charge is 2.28. The highest BCUT2D eigenvalue weighted by atomic mass is 16.5. The summed E-state index contributed by atoms with van der Waals surface area (Å²) in [5, 5.41) is 6.88. The first-order valence-corrected chi connectivity index (χ1v) is 8.73. The fraction of sp³-hybridized carbons (Fsp3) is 0.941. The van der Waals surface area contributed by atoms with Gasteiger partial charge in [-0.1, -0.05) is 26.7 Å². The van der Waals surface area contributed by atoms with Crippen LogP contribution in [-0.4, -0.2) is 62.8 Å². The smallest absolute Gasteiger partial charge is 0.191 e. The molecule has 0 bridgehead atoms. The quantitative estimate of drug-likeness (QED) is 0.409. The third-order valence-electron chi connectivity index (χ3n) is 4.28. The fourth-order valence-corrected chi connectivity index (χ4v) is 2.69. The number of aliphatic imine (C=N–C) groups is 1. The minimum Gasteiger partial charge on any atom is -0.379 e. The minimum absolute atomic E-state index is 0.110. The molecule has 0 amide bonds. The van der Waals surface area contributed by atoms with Gasteiger partial charge < -0.3 is 15.4 Å². The molecule has 0 aromatic carbocycles. The van der Waals surface area contributed by atoms with Gasteiger partial charge in [-0.05, 0) is 26.2 Å². The minimum atomic E-state index is 0.110. The molecule has 1 saturated heterocycles. The lowest BCUT2D eigenvalue weighted by Crippen LogP contribution is -2.56. The molecular weight excluding hydrogens is 276 g/mol. The number of nitrogens with zero attached hydrogens (tertiary/aromatic N) is 2. The van der Waals surface area contributed by atoms with Gasteiger partial charge >= 0.3 is 0 Å². The van der Waals surface area contributed by atoms with Gasteiger partial charge in [-0.2, -0.15) is 0 Å². The molecule has 0 radical (unpaired) electrons. The zero-order chi connectivity index (χ0) is 16.4. The Morgan fingerprint density at radius 1 is 1.18 bits per heavy atom. The topological polar surface area (TPSA) is 48.9 Å². The van der Waals surface area contributed by atoms with Crippen LogP contribution < -0.4 is 10.6 Å². The molecule has 0 aromatic heterocycles. The number of hydrogen-bond donors (Lipinski definition) is 2. The van der Waals surface area contributed by atoms with E-state index in [-0.39, 0.29) is 5.54 Å². The van der Waals surface area contributed by atoms with Crippen molar-refractivity contribution in [1.29, 1.82) is 0 Å². The standard InChI is InChI=1S/C17H36N4O/c1-15(2)8-6-7-9-19-16(18-5)20-14-17(3,4)21-10-12-22-13-11-21/h15H,6-14H2,1-5H3,(H2,18,19,20). The molecule has 1 aliphatic heterocycles. The Balaban J connectivity index is 2.24. The van der Waals surface area contributed by atoms with E-state index in [4.69, 9.17) is 4.74 Å². The van der Waals surface area contributed by atoms with Crippen molar-refractivity contribution in [2.45, 2.75) is 52.5 Å². The van der Waals surface area contributed by atoms with E-state index in [1.165, 1.54) is 19.3 Å². The van der Waals surface area contributed by atoms with Crippen LogP contribution in [-0.2, 0) is 4.74 Å². The highest BCUT2D eigenvalue weighted by Crippen LogP contribution is 2.14. The molecule has 5 nitrogen and oxygen atoms in total. The van der Waals surface area contributed by atoms with Gasteiger partial charge in [-0.3, -0.25) is 9.89 Å². The number of ether oxygens (including phenoxy) is 1. The first-order chi connectivity index (χ1) is 10.5. The molecule has 0 saturated carbocycles. The van der Waals surface area contributed by atoms with Crippen LogP contribution in [0.25, 0.3) is 0 Å². The Bertz CT molecular complexity index is 323. The van der Waals surface area contributed by atoms with Crippen LogP contribution in [0.5, 0.6) is 0 Å². The number of hydrogen-bond acceptors (Lipinski definition) is 3. The normalized spacial score (nSPS) is 17.8. The number of morpholine rings is 1. The third kappa shape index (κ3) is 7.45. The molecule has 0 atom stereocenters. The molecule has 1 heterocycles. The summed E-state index contributed by atoms with van der Waals surface area (Å²) in [6.07, 6.45) is 3.78. The van der Waals surface area contributed by atoms with E-state index in [2.05, 4.69) is 48.2 Å². The van der Waals surface area contributed by atoms with Crippen LogP contribution in [0.2, 0.25) is 0 Å². The van der Waals surface area contributed by atoms with Crippen molar-refractivity contribution in [3.8, 4) is 0 Å². The average molecular weight is 313 g/mol. The second-order valence-electron chi connectivity index (χ2n) is 7.15. The van der Waals surface area contributed by atoms with Crippen molar-refractivity contribution in [1.82, 2.24) is 15.5 Å². The lowest BCUT2D eigenvalue weighted by Gasteiger charge is -2.41. The molecule has 22 heavy (non-hydrogen) atoms. The molecule has 2 N–H and O–H groups in total. The summed E-state index contributed by atoms with van der Waals surface area (Å²) in [5.74, 6) is 1.71. The lowest BCUT2D eigenvalue weighted by atomic mass is 10.0. The Hall–Kier alpha value is -0.810. The molecule has 130 valence electrons. The number of guanidine groups is 1. The van der Waals surface area contributed by atoms with E-state index < -0.39 is 0 Å². The molecule has 1 aliphatic rings. The molecule has 1 fully saturated rings. The van der Waals surface area contributed by atoms with E-state index in [0.29, 0.717) is 0 Å². The Kier molecular flexibility index (Phi) is 8.79. The third-order valence-corrected chi connectivity index (χ3v) is 4.28. The zero-order valence-electron chi connectivity index (χ0n) is 15.2. The summed E-state index contributed by atoms with van der Waals surface area (Å²) in [6.45, 7) is 14.7. The summed E-state index contributed by atoms with van der Waals surface area (Å²) in [4.78, 5) is 6.81. The van der Waals surface area contributed by atoms with Crippen LogP contribution in [0.4, 0.5) is 0 Å². The number of nitrogens with one attached hydrogen (secondary N) is 2. The molecule has 0 spiro atoms. The molecule has 0 unspecified atom stereocenters. The van der Waals surface area contributed by atoms with E-state index in [9.17, 15) is 0 Å². The van der Waals surface area contributed by atoms with Crippen molar-refractivity contribution in [2.75, 3.05) is 46.4 Å². The zero-order valence-corrected chi connectivity index (χ0v) is 15.2. The predicted molar refractivity (Wildman–Crippen MR) is 94.5 cm³/mol. The maximum Gasteiger partial charge on any atom is 0.191 e. The molecule has 0 aromatic rings. The van der Waals surface area contributed by atoms with Crippen molar-refractivity contribution in [3.05, 3.63) is 0 Å². The highest BCUT2D eigenvalue weighted by molar-refractivity contribution is 5.79. The summed E-state index contributed by atoms with van der Waals surface area (Å²) < 4.78 is 5.44. The van der Waals surface area contributed by atoms with E-state index in [0.717, 1.165) is 51.3 Å². The van der Waals surface area contributed by atoms with E-state index in [1.54, 1.807) is 0 Å². The fourth-order valence-electron chi connectivity index (χ4n) is 2.69. The monoisotopic (exact) mass is 312 g/mol. The van der Waals surface area contributed by atoms with Crippen LogP contribution >= 0.6 is 0 Å². The SMILES string of the molecule is CN=C(NCCCCC(C)C)NCC(C)(C)N1CCOCC1. The van der Waals surface area contributed by atoms with Gasteiger partial charge in [0.1, 0.15) is 0 Å². The van der Waals surface area contributed by atoms with Crippen LogP contribution in [0.1, 0.15) is 47.0 Å². The van der Waals surface area contributed by atoms with E-state index >= 15 is 0 Å². The van der Waals surface area contributed by atoms with Crippen molar-refractivity contribution >= 4 is 5.96 Å². The number of rotatable bonds is 8. The summed E-state index contributed by atoms with van der Waals surface area (Å²) in [7, 11) is 1.84. The molecule has 1 rings (SSSR count). The van der Waals surface area contributed by atoms with Crippen molar-refractivity contribution in [3.63, 3.8) is 0 Å². The Morgan fingerprint density at radius 2 is 1.86 bits per heavy atom. The van der Waals surface area contributed by atoms with Gasteiger partial charge in [0.2, 0.25) is 0 Å². The van der Waals surface area contributed by atoms with Crippen LogP contribution in [0, 0.1) is 5.92 Å². The Labute approximate surface area is 136 Å². The summed E-state index contributed by atoms with van der Waals surface area (Å²) in [6, 6.07) is 0. The largest absolute Gasteiger partial charge is 0.379 e. The first-order valence-electron chi connectivity index (χ1n) is 8.73. The van der Waals surface area contributed by atoms with Crippen LogP contribution in [0.3, 0.4) is 0 Å². The number of unbranched alkanes of at least 4 members (excludes halogenated alkanes) is 1. The maximum atomic E-state index is 5.44. The predicted octanol–water partition coefficient (Wildman–Crippen LogP) is 2.09. The van der Waals surface area contributed by atoms with E-state index in [1.807, 2.05) is 7.05 Å². The molecule has 0 aliphatic carbocycles. The second kappa shape index (κ2) is 10.1. The van der Waals surface area contributed by atoms with Gasteiger partial charge in [-0.15, -0.1) is 0 Å². The second-order valence-corrected chi connectivity index (χ2v) is 7.15. The molecule has 5 heteroatoms. The maximum absolute atomic E-state index is 5.44. The summed E-state index contributed by atoms with van der Waals surface area (Å²) >= 11 is 0. The van der Waals surface area contributed by atoms with Gasteiger partial charge in [0, 0.05) is 38.8 Å². The average Bonchev–Trinajstić information content (AvgIpc) is 2.50. The first kappa shape index (κ1) is 19.2. The molecular formula is C17H36N4O. The van der Waals surface area contributed by atoms with Gasteiger partial charge in [-0.25, -0.2) is 0 Å². The van der Waals surface area contributed by atoms with Crippen molar-refractivity contribution in [2.24, 2.45) is 10.9 Å². The van der Waals surface area contributed by atoms with Crippen LogP contribution in [0.15, 0.2) is 4.99 Å². The Morgan fingerprint density at radius 3 is 2.45 bits per heavy atom. The van der Waals surface area contributed by atoms with Gasteiger partial charge in [0.15, 0.2) is 5.96 Å². The lowest BCUT2D eigenvalue weighted by molar-refractivity contribution is -0.00833.